The van der Waals surface area contributed by atoms with Gasteiger partial charge in [0, 0.05) is 62.3 Å². The Labute approximate surface area is 364 Å². The van der Waals surface area contributed by atoms with Gasteiger partial charge in [-0.3, -0.25) is 9.80 Å². The molecule has 10 aromatic rings. The minimum atomic E-state index is 1.08. The van der Waals surface area contributed by atoms with Crippen molar-refractivity contribution in [2.24, 2.45) is 28.2 Å². The van der Waals surface area contributed by atoms with Crippen LogP contribution in [0.3, 0.4) is 0 Å². The van der Waals surface area contributed by atoms with E-state index in [1.165, 1.54) is 22.3 Å². The maximum absolute atomic E-state index is 2.36. The lowest BCUT2D eigenvalue weighted by atomic mass is 10.0. The molecule has 0 bridgehead atoms. The summed E-state index contributed by atoms with van der Waals surface area (Å²) < 4.78 is 9.14. The molecule has 6 aromatic carbocycles. The first kappa shape index (κ1) is 38.3. The minimum Gasteiger partial charge on any atom is -0.330 e. The van der Waals surface area contributed by atoms with E-state index in [2.05, 4.69) is 275 Å². The Morgan fingerprint density at radius 3 is 0.677 bits per heavy atom. The third-order valence-corrected chi connectivity index (χ3v) is 12.2. The summed E-state index contributed by atoms with van der Waals surface area (Å²) in [5.74, 6) is 4.31. The van der Waals surface area contributed by atoms with Crippen LogP contribution in [0.15, 0.2) is 218 Å². The molecule has 6 heteroatoms. The number of rotatable bonds is 11. The van der Waals surface area contributed by atoms with Crippen molar-refractivity contribution >= 4 is 34.6 Å². The highest BCUT2D eigenvalue weighted by molar-refractivity contribution is 5.82. The Kier molecular flexibility index (Phi) is 10.0. The van der Waals surface area contributed by atoms with Crippen molar-refractivity contribution in [2.75, 3.05) is 9.80 Å². The third kappa shape index (κ3) is 6.91. The van der Waals surface area contributed by atoms with E-state index in [0.29, 0.717) is 0 Å². The second-order valence-electron chi connectivity index (χ2n) is 15.8. The van der Waals surface area contributed by atoms with Crippen LogP contribution in [0.25, 0.3) is 56.2 Å². The van der Waals surface area contributed by atoms with Crippen LogP contribution in [0.2, 0.25) is 0 Å². The van der Waals surface area contributed by atoms with Gasteiger partial charge in [-0.05, 0) is 106 Å². The molecule has 0 unspecified atom stereocenters. The van der Waals surface area contributed by atoms with Gasteiger partial charge in [0.05, 0.1) is 0 Å². The zero-order valence-electron chi connectivity index (χ0n) is 35.5. The number of benzene rings is 6. The van der Waals surface area contributed by atoms with Gasteiger partial charge in [0.1, 0.15) is 23.3 Å². The van der Waals surface area contributed by atoms with Gasteiger partial charge in [0.25, 0.3) is 0 Å². The Morgan fingerprint density at radius 2 is 0.452 bits per heavy atom. The van der Waals surface area contributed by atoms with Crippen molar-refractivity contribution < 1.29 is 0 Å². The predicted octanol–water partition coefficient (Wildman–Crippen LogP) is 14.3. The summed E-state index contributed by atoms with van der Waals surface area (Å²) in [6.45, 7) is 0. The third-order valence-electron chi connectivity index (χ3n) is 12.2. The molecule has 0 aliphatic carbocycles. The van der Waals surface area contributed by atoms with Gasteiger partial charge in [0.2, 0.25) is 0 Å². The number of nitrogens with zero attached hydrogens (tertiary/aromatic N) is 6. The van der Waals surface area contributed by atoms with Crippen molar-refractivity contribution in [1.29, 1.82) is 0 Å². The molecule has 62 heavy (non-hydrogen) atoms. The van der Waals surface area contributed by atoms with Crippen LogP contribution in [0, 0.1) is 0 Å². The molecule has 0 amide bonds. The van der Waals surface area contributed by atoms with Gasteiger partial charge >= 0.3 is 0 Å². The van der Waals surface area contributed by atoms with Gasteiger partial charge in [0.15, 0.2) is 0 Å². The van der Waals surface area contributed by atoms with E-state index >= 15 is 0 Å². The largest absolute Gasteiger partial charge is 0.330 e. The fraction of sp³-hybridized carbons (Fsp3) is 0.0714. The zero-order valence-corrected chi connectivity index (χ0v) is 35.5. The van der Waals surface area contributed by atoms with Crippen LogP contribution >= 0.6 is 0 Å². The lowest BCUT2D eigenvalue weighted by Crippen LogP contribution is -2.17. The highest BCUT2D eigenvalue weighted by Crippen LogP contribution is 2.42. The van der Waals surface area contributed by atoms with Crippen LogP contribution in [-0.4, -0.2) is 18.3 Å². The van der Waals surface area contributed by atoms with E-state index in [1.807, 2.05) is 0 Å². The zero-order chi connectivity index (χ0) is 42.2. The molecule has 0 atom stereocenters. The second-order valence-corrected chi connectivity index (χ2v) is 15.8. The van der Waals surface area contributed by atoms with Crippen molar-refractivity contribution in [1.82, 2.24) is 18.3 Å². The first-order valence-electron chi connectivity index (χ1n) is 21.1. The van der Waals surface area contributed by atoms with E-state index < -0.39 is 0 Å². The van der Waals surface area contributed by atoms with Crippen molar-refractivity contribution in [3.05, 3.63) is 218 Å². The van der Waals surface area contributed by atoms with Crippen molar-refractivity contribution in [3.8, 4) is 56.2 Å². The molecule has 10 rings (SSSR count). The summed E-state index contributed by atoms with van der Waals surface area (Å²) in [7, 11) is 8.61. The molecule has 6 nitrogen and oxygen atoms in total. The van der Waals surface area contributed by atoms with E-state index in [0.717, 1.165) is 68.5 Å². The lowest BCUT2D eigenvalue weighted by Gasteiger charge is -2.27. The molecule has 0 saturated carbocycles. The summed E-state index contributed by atoms with van der Waals surface area (Å²) in [5, 5.41) is 0. The molecule has 4 aromatic heterocycles. The van der Waals surface area contributed by atoms with Gasteiger partial charge in [-0.1, -0.05) is 146 Å². The topological polar surface area (TPSA) is 26.2 Å². The van der Waals surface area contributed by atoms with Crippen LogP contribution in [-0.2, 0) is 28.2 Å². The van der Waals surface area contributed by atoms with E-state index in [4.69, 9.17) is 0 Å². The molecule has 0 fully saturated rings. The Balaban J connectivity index is 1.02. The van der Waals surface area contributed by atoms with Gasteiger partial charge in [-0.15, -0.1) is 0 Å². The number of hydrogen-bond acceptors (Lipinski definition) is 2. The monoisotopic (exact) mass is 804 g/mol. The molecule has 0 spiro atoms. The van der Waals surface area contributed by atoms with Crippen LogP contribution in [0.1, 0.15) is 0 Å². The van der Waals surface area contributed by atoms with Gasteiger partial charge in [-0.2, -0.15) is 0 Å². The molecule has 0 N–H and O–H groups in total. The molecule has 302 valence electrons. The van der Waals surface area contributed by atoms with Gasteiger partial charge < -0.3 is 18.3 Å². The number of hydrogen-bond donors (Lipinski definition) is 0. The van der Waals surface area contributed by atoms with Crippen molar-refractivity contribution in [3.63, 3.8) is 0 Å². The highest BCUT2D eigenvalue weighted by Gasteiger charge is 2.23. The van der Waals surface area contributed by atoms with Crippen LogP contribution in [0.4, 0.5) is 34.6 Å². The highest BCUT2D eigenvalue weighted by atomic mass is 15.3. The molecular weight excluding hydrogens is 757 g/mol. The first-order valence-corrected chi connectivity index (χ1v) is 21.1. The molecule has 0 aliphatic heterocycles. The van der Waals surface area contributed by atoms with Crippen LogP contribution in [0.5, 0.6) is 0 Å². The van der Waals surface area contributed by atoms with E-state index in [1.54, 1.807) is 0 Å². The maximum atomic E-state index is 2.36. The SMILES string of the molecule is Cn1c(-c2ccccc2)ccc1N(c1ccc(-c2ccc(N(c3ccc(-c4ccccc4)n3C)c3ccc(-c4ccccc4)n3C)cc2)cc1)c1ccc(-c2ccccc2)n1C. The maximum Gasteiger partial charge on any atom is 0.119 e. The first-order chi connectivity index (χ1) is 30.4. The molecule has 4 heterocycles. The number of anilines is 6. The second kappa shape index (κ2) is 16.2. The summed E-state index contributed by atoms with van der Waals surface area (Å²) >= 11 is 0. The molecule has 0 saturated heterocycles. The summed E-state index contributed by atoms with van der Waals surface area (Å²) in [6, 6.07) is 78.1. The predicted molar refractivity (Wildman–Crippen MR) is 259 cm³/mol. The fourth-order valence-electron chi connectivity index (χ4n) is 8.86. The van der Waals surface area contributed by atoms with E-state index in [-0.39, 0.29) is 0 Å². The molecule has 0 aliphatic rings. The summed E-state index contributed by atoms with van der Waals surface area (Å²) in [5.41, 5.74) is 13.8. The Bertz CT molecular complexity index is 2700. The normalized spacial score (nSPS) is 11.2. The Hall–Kier alpha value is -7.96. The van der Waals surface area contributed by atoms with Crippen LogP contribution < -0.4 is 9.80 Å². The van der Waals surface area contributed by atoms with Gasteiger partial charge in [-0.25, -0.2) is 0 Å². The quantitative estimate of drug-likeness (QED) is 0.130. The average Bonchev–Trinajstić information content (AvgIpc) is 4.11. The lowest BCUT2D eigenvalue weighted by molar-refractivity contribution is 0.879. The minimum absolute atomic E-state index is 1.08. The van der Waals surface area contributed by atoms with E-state index in [9.17, 15) is 0 Å². The smallest absolute Gasteiger partial charge is 0.119 e. The molecule has 0 radical (unpaired) electrons. The number of aromatic nitrogens is 4. The molecular formula is C56H48N6. The summed E-state index contributed by atoms with van der Waals surface area (Å²) in [4.78, 5) is 4.72. The average molecular weight is 805 g/mol. The fourth-order valence-corrected chi connectivity index (χ4v) is 8.86. The Morgan fingerprint density at radius 1 is 0.226 bits per heavy atom. The van der Waals surface area contributed by atoms with Crippen molar-refractivity contribution in [2.45, 2.75) is 0 Å². The summed E-state index contributed by atoms with van der Waals surface area (Å²) in [6.07, 6.45) is 0. The standard InChI is InChI=1S/C56H48N6/c1-57-49(43-17-9-5-10-18-43)33-37-53(57)61(54-38-34-50(58(54)2)44-19-11-6-12-20-44)47-29-25-41(26-30-47)42-27-31-48(32-28-42)62(55-39-35-51(59(55)3)45-21-13-7-14-22-45)56-40-36-52(60(56)4)46-23-15-8-16-24-46/h5-40H,1-4H3.